The van der Waals surface area contributed by atoms with Gasteiger partial charge in [0.05, 0.1) is 12.0 Å². The molecule has 0 heterocycles. The highest BCUT2D eigenvalue weighted by molar-refractivity contribution is 7.89. The fourth-order valence-corrected chi connectivity index (χ4v) is 3.25. The number of carbonyl (C=O) groups is 1. The first-order valence-corrected chi connectivity index (χ1v) is 7.65. The summed E-state index contributed by atoms with van der Waals surface area (Å²) in [5.74, 6) is -0.814. The van der Waals surface area contributed by atoms with Gasteiger partial charge in [-0.3, -0.25) is 4.79 Å². The number of carboxylic acids is 1. The molecule has 1 unspecified atom stereocenters. The number of ether oxygens (including phenoxy) is 1. The first kappa shape index (κ1) is 16.5. The lowest BCUT2D eigenvalue weighted by atomic mass is 9.98. The van der Waals surface area contributed by atoms with E-state index in [1.54, 1.807) is 13.0 Å². The van der Waals surface area contributed by atoms with Gasteiger partial charge in [0, 0.05) is 6.07 Å². The molecular weight excluding hydrogens is 282 g/mol. The Bertz CT molecular complexity index is 584. The van der Waals surface area contributed by atoms with Gasteiger partial charge in [0.2, 0.25) is 10.0 Å². The SMILES string of the molecule is CCCC(C)(NS(=O)(=O)c1cccc(OC)c1)C(=O)O. The van der Waals surface area contributed by atoms with E-state index in [1.165, 1.54) is 32.2 Å². The standard InChI is InChI=1S/C13H19NO5S/c1-4-8-13(2,12(15)16)14-20(17,18)11-7-5-6-10(9-11)19-3/h5-7,9,14H,4,8H2,1-3H3,(H,15,16). The monoisotopic (exact) mass is 301 g/mol. The molecule has 112 valence electrons. The molecule has 1 rings (SSSR count). The number of sulfonamides is 1. The third kappa shape index (κ3) is 3.71. The maximum absolute atomic E-state index is 12.3. The quantitative estimate of drug-likeness (QED) is 0.798. The summed E-state index contributed by atoms with van der Waals surface area (Å²) in [6, 6.07) is 5.88. The van der Waals surface area contributed by atoms with Crippen molar-refractivity contribution >= 4 is 16.0 Å². The lowest BCUT2D eigenvalue weighted by Crippen LogP contribution is -2.51. The summed E-state index contributed by atoms with van der Waals surface area (Å²) in [5, 5.41) is 9.22. The molecule has 0 aliphatic carbocycles. The Labute approximate surface area is 118 Å². The summed E-state index contributed by atoms with van der Waals surface area (Å²) in [6.45, 7) is 3.15. The van der Waals surface area contributed by atoms with E-state index in [2.05, 4.69) is 4.72 Å². The van der Waals surface area contributed by atoms with E-state index in [9.17, 15) is 18.3 Å². The van der Waals surface area contributed by atoms with Gasteiger partial charge >= 0.3 is 5.97 Å². The van der Waals surface area contributed by atoms with Crippen LogP contribution in [0.25, 0.3) is 0 Å². The molecule has 0 radical (unpaired) electrons. The molecule has 20 heavy (non-hydrogen) atoms. The molecule has 1 aromatic rings. The van der Waals surface area contributed by atoms with E-state index in [0.29, 0.717) is 12.2 Å². The van der Waals surface area contributed by atoms with Crippen LogP contribution in [0.4, 0.5) is 0 Å². The molecule has 1 aromatic carbocycles. The van der Waals surface area contributed by atoms with Gasteiger partial charge in [-0.2, -0.15) is 4.72 Å². The second kappa shape index (κ2) is 6.23. The number of hydrogen-bond acceptors (Lipinski definition) is 4. The minimum absolute atomic E-state index is 0.0274. The zero-order valence-corrected chi connectivity index (χ0v) is 12.5. The van der Waals surface area contributed by atoms with Crippen molar-refractivity contribution in [1.82, 2.24) is 4.72 Å². The lowest BCUT2D eigenvalue weighted by molar-refractivity contribution is -0.143. The minimum Gasteiger partial charge on any atom is -0.497 e. The van der Waals surface area contributed by atoms with E-state index >= 15 is 0 Å². The molecule has 0 aromatic heterocycles. The van der Waals surface area contributed by atoms with Crippen molar-refractivity contribution in [1.29, 1.82) is 0 Å². The van der Waals surface area contributed by atoms with Crippen molar-refractivity contribution in [3.05, 3.63) is 24.3 Å². The third-order valence-corrected chi connectivity index (χ3v) is 4.53. The van der Waals surface area contributed by atoms with Crippen LogP contribution in [-0.2, 0) is 14.8 Å². The number of benzene rings is 1. The molecule has 2 N–H and O–H groups in total. The third-order valence-electron chi connectivity index (χ3n) is 2.93. The fraction of sp³-hybridized carbons (Fsp3) is 0.462. The molecule has 0 saturated heterocycles. The Hall–Kier alpha value is -1.60. The van der Waals surface area contributed by atoms with Gasteiger partial charge in [0.1, 0.15) is 11.3 Å². The summed E-state index contributed by atoms with van der Waals surface area (Å²) in [5.41, 5.74) is -1.53. The van der Waals surface area contributed by atoms with Crippen LogP contribution >= 0.6 is 0 Å². The molecule has 0 aliphatic rings. The van der Waals surface area contributed by atoms with Crippen LogP contribution < -0.4 is 9.46 Å². The smallest absolute Gasteiger partial charge is 0.324 e. The number of methoxy groups -OCH3 is 1. The van der Waals surface area contributed by atoms with Gasteiger partial charge in [-0.25, -0.2) is 8.42 Å². The number of rotatable bonds is 7. The van der Waals surface area contributed by atoms with Gasteiger partial charge < -0.3 is 9.84 Å². The summed E-state index contributed by atoms with van der Waals surface area (Å²) in [7, 11) is -2.50. The number of nitrogens with one attached hydrogen (secondary N) is 1. The van der Waals surface area contributed by atoms with Crippen LogP contribution in [0, 0.1) is 0 Å². The minimum atomic E-state index is -3.93. The zero-order chi connectivity index (χ0) is 15.4. The average Bonchev–Trinajstić information content (AvgIpc) is 2.38. The molecular formula is C13H19NO5S. The van der Waals surface area contributed by atoms with Crippen molar-refractivity contribution in [2.75, 3.05) is 7.11 Å². The number of aliphatic carboxylic acids is 1. The van der Waals surface area contributed by atoms with Gasteiger partial charge in [-0.1, -0.05) is 19.4 Å². The molecule has 1 atom stereocenters. The van der Waals surface area contributed by atoms with E-state index < -0.39 is 21.5 Å². The second-order valence-electron chi connectivity index (χ2n) is 4.67. The lowest BCUT2D eigenvalue weighted by Gasteiger charge is -2.25. The van der Waals surface area contributed by atoms with Gasteiger partial charge in [0.25, 0.3) is 0 Å². The van der Waals surface area contributed by atoms with Crippen molar-refractivity contribution < 1.29 is 23.1 Å². The largest absolute Gasteiger partial charge is 0.497 e. The maximum atomic E-state index is 12.3. The highest BCUT2D eigenvalue weighted by Crippen LogP contribution is 2.21. The molecule has 0 saturated carbocycles. The Balaban J connectivity index is 3.13. The van der Waals surface area contributed by atoms with Crippen molar-refractivity contribution in [2.45, 2.75) is 37.1 Å². The zero-order valence-electron chi connectivity index (χ0n) is 11.7. The highest BCUT2D eigenvalue weighted by atomic mass is 32.2. The molecule has 0 spiro atoms. The Morgan fingerprint density at radius 2 is 2.10 bits per heavy atom. The van der Waals surface area contributed by atoms with E-state index in [-0.39, 0.29) is 11.3 Å². The molecule has 7 heteroatoms. The maximum Gasteiger partial charge on any atom is 0.324 e. The van der Waals surface area contributed by atoms with E-state index in [0.717, 1.165) is 0 Å². The fourth-order valence-electron chi connectivity index (χ4n) is 1.83. The van der Waals surface area contributed by atoms with Gasteiger partial charge in [-0.15, -0.1) is 0 Å². The van der Waals surface area contributed by atoms with Gasteiger partial charge in [-0.05, 0) is 25.5 Å². The van der Waals surface area contributed by atoms with Crippen LogP contribution in [0.1, 0.15) is 26.7 Å². The Morgan fingerprint density at radius 1 is 1.45 bits per heavy atom. The first-order chi connectivity index (χ1) is 9.25. The molecule has 0 bridgehead atoms. The van der Waals surface area contributed by atoms with E-state index in [1.807, 2.05) is 0 Å². The highest BCUT2D eigenvalue weighted by Gasteiger charge is 2.37. The van der Waals surface area contributed by atoms with Crippen molar-refractivity contribution in [3.63, 3.8) is 0 Å². The topological polar surface area (TPSA) is 92.7 Å². The molecule has 0 fully saturated rings. The van der Waals surface area contributed by atoms with Crippen LogP contribution in [-0.4, -0.2) is 32.1 Å². The van der Waals surface area contributed by atoms with Gasteiger partial charge in [0.15, 0.2) is 0 Å². The number of hydrogen-bond donors (Lipinski definition) is 2. The molecule has 0 amide bonds. The molecule has 6 nitrogen and oxygen atoms in total. The van der Waals surface area contributed by atoms with Crippen LogP contribution in [0.2, 0.25) is 0 Å². The summed E-state index contributed by atoms with van der Waals surface area (Å²) < 4.78 is 31.8. The predicted molar refractivity (Wildman–Crippen MR) is 74.3 cm³/mol. The van der Waals surface area contributed by atoms with Crippen LogP contribution in [0.5, 0.6) is 5.75 Å². The Morgan fingerprint density at radius 3 is 2.60 bits per heavy atom. The average molecular weight is 301 g/mol. The normalized spacial score (nSPS) is 14.6. The Kier molecular flexibility index (Phi) is 5.13. The molecule has 0 aliphatic heterocycles. The summed E-state index contributed by atoms with van der Waals surface area (Å²) in [4.78, 5) is 11.3. The number of carboxylic acid groups (broad SMARTS) is 1. The second-order valence-corrected chi connectivity index (χ2v) is 6.35. The predicted octanol–water partition coefficient (Wildman–Crippen LogP) is 1.62. The summed E-state index contributed by atoms with van der Waals surface area (Å²) in [6.07, 6.45) is 0.745. The first-order valence-electron chi connectivity index (χ1n) is 6.16. The van der Waals surface area contributed by atoms with Crippen LogP contribution in [0.15, 0.2) is 29.2 Å². The van der Waals surface area contributed by atoms with Crippen molar-refractivity contribution in [2.24, 2.45) is 0 Å². The van der Waals surface area contributed by atoms with Crippen molar-refractivity contribution in [3.8, 4) is 5.75 Å². The van der Waals surface area contributed by atoms with E-state index in [4.69, 9.17) is 4.74 Å². The summed E-state index contributed by atoms with van der Waals surface area (Å²) >= 11 is 0. The van der Waals surface area contributed by atoms with Crippen LogP contribution in [0.3, 0.4) is 0 Å².